The van der Waals surface area contributed by atoms with Gasteiger partial charge in [0.25, 0.3) is 0 Å². The van der Waals surface area contributed by atoms with Crippen LogP contribution < -0.4 is 5.32 Å². The number of hydrogen-bond acceptors (Lipinski definition) is 4. The first-order chi connectivity index (χ1) is 11.2. The van der Waals surface area contributed by atoms with Gasteiger partial charge in [-0.25, -0.2) is 9.98 Å². The normalized spacial score (nSPS) is 18.1. The number of aromatic nitrogens is 1. The smallest absolute Gasteiger partial charge is 0.194 e. The van der Waals surface area contributed by atoms with Crippen LogP contribution >= 0.6 is 35.3 Å². The highest BCUT2D eigenvalue weighted by atomic mass is 127. The van der Waals surface area contributed by atoms with E-state index in [9.17, 15) is 0 Å². The van der Waals surface area contributed by atoms with E-state index in [4.69, 9.17) is 4.99 Å². The summed E-state index contributed by atoms with van der Waals surface area (Å²) in [6, 6.07) is 0.653. The Morgan fingerprint density at radius 2 is 2.12 bits per heavy atom. The van der Waals surface area contributed by atoms with E-state index in [0.29, 0.717) is 12.6 Å². The Bertz CT molecular complexity index is 501. The van der Waals surface area contributed by atoms with Crippen molar-refractivity contribution in [3.05, 3.63) is 16.1 Å². The van der Waals surface area contributed by atoms with Crippen molar-refractivity contribution in [2.75, 3.05) is 32.7 Å². The quantitative estimate of drug-likeness (QED) is 0.382. The Morgan fingerprint density at radius 1 is 1.38 bits per heavy atom. The van der Waals surface area contributed by atoms with Crippen molar-refractivity contribution >= 4 is 41.3 Å². The summed E-state index contributed by atoms with van der Waals surface area (Å²) in [6.45, 7) is 14.8. The number of aliphatic imine (C=N–C) groups is 1. The summed E-state index contributed by atoms with van der Waals surface area (Å²) in [6.07, 6.45) is 4.26. The topological polar surface area (TPSA) is 43.8 Å². The van der Waals surface area contributed by atoms with Gasteiger partial charge in [0.2, 0.25) is 0 Å². The van der Waals surface area contributed by atoms with Gasteiger partial charge in [0, 0.05) is 36.8 Å². The summed E-state index contributed by atoms with van der Waals surface area (Å²) in [5.41, 5.74) is 0. The third-order valence-electron chi connectivity index (χ3n) is 4.44. The van der Waals surface area contributed by atoms with Crippen molar-refractivity contribution < 1.29 is 0 Å². The number of likely N-dealkylation sites (tertiary alicyclic amines) is 1. The molecule has 0 aromatic carbocycles. The van der Waals surface area contributed by atoms with Crippen LogP contribution in [-0.2, 0) is 13.0 Å². The van der Waals surface area contributed by atoms with Gasteiger partial charge in [0.15, 0.2) is 5.96 Å². The van der Waals surface area contributed by atoms with E-state index < -0.39 is 0 Å². The molecule has 7 heteroatoms. The van der Waals surface area contributed by atoms with Gasteiger partial charge in [0.1, 0.15) is 5.01 Å². The van der Waals surface area contributed by atoms with E-state index in [0.717, 1.165) is 50.1 Å². The van der Waals surface area contributed by atoms with Crippen LogP contribution in [0, 0.1) is 0 Å². The third kappa shape index (κ3) is 5.84. The summed E-state index contributed by atoms with van der Waals surface area (Å²) in [5, 5.41) is 4.55. The second-order valence-corrected chi connectivity index (χ2v) is 7.05. The number of nitrogens with one attached hydrogen (secondary N) is 1. The summed E-state index contributed by atoms with van der Waals surface area (Å²) >= 11 is 1.78. The van der Waals surface area contributed by atoms with Gasteiger partial charge in [-0.2, -0.15) is 0 Å². The number of nitrogens with zero attached hydrogens (tertiary/aromatic N) is 4. The molecule has 1 fully saturated rings. The Labute approximate surface area is 168 Å². The van der Waals surface area contributed by atoms with Crippen LogP contribution in [0.1, 0.15) is 44.0 Å². The molecule has 0 saturated carbocycles. The number of guanidine groups is 1. The maximum Gasteiger partial charge on any atom is 0.194 e. The number of rotatable bonds is 7. The molecule has 1 aliphatic heterocycles. The van der Waals surface area contributed by atoms with Crippen molar-refractivity contribution in [2.24, 2.45) is 4.99 Å². The van der Waals surface area contributed by atoms with Gasteiger partial charge in [-0.05, 0) is 32.9 Å². The lowest BCUT2D eigenvalue weighted by molar-refractivity contribution is 0.223. The molecule has 0 bridgehead atoms. The number of halogens is 1. The van der Waals surface area contributed by atoms with Crippen LogP contribution in [0.4, 0.5) is 0 Å². The lowest BCUT2D eigenvalue weighted by Gasteiger charge is -2.27. The minimum atomic E-state index is 0. The van der Waals surface area contributed by atoms with E-state index in [1.807, 2.05) is 6.20 Å². The average molecular weight is 465 g/mol. The molecule has 5 nitrogen and oxygen atoms in total. The van der Waals surface area contributed by atoms with E-state index in [1.54, 1.807) is 11.3 Å². The molecule has 2 heterocycles. The molecule has 1 aliphatic rings. The zero-order chi connectivity index (χ0) is 16.7. The SMILES string of the molecule is CCNC(=NCc1ncc(CC)s1)N1CCC(N(CC)CC)C1.I. The first kappa shape index (κ1) is 21.6. The zero-order valence-corrected chi connectivity index (χ0v) is 18.6. The summed E-state index contributed by atoms with van der Waals surface area (Å²) in [4.78, 5) is 15.6. The second-order valence-electron chi connectivity index (χ2n) is 5.85. The molecule has 0 aliphatic carbocycles. The van der Waals surface area contributed by atoms with Crippen molar-refractivity contribution in [1.29, 1.82) is 0 Å². The van der Waals surface area contributed by atoms with Crippen LogP contribution in [0.25, 0.3) is 0 Å². The maximum atomic E-state index is 4.82. The van der Waals surface area contributed by atoms with Crippen molar-refractivity contribution in [1.82, 2.24) is 20.1 Å². The van der Waals surface area contributed by atoms with E-state index in [-0.39, 0.29) is 24.0 Å². The summed E-state index contributed by atoms with van der Waals surface area (Å²) in [5.74, 6) is 1.04. The molecule has 0 spiro atoms. The van der Waals surface area contributed by atoms with E-state index in [2.05, 4.69) is 47.8 Å². The minimum absolute atomic E-state index is 0. The van der Waals surface area contributed by atoms with Crippen LogP contribution in [0.3, 0.4) is 0 Å². The van der Waals surface area contributed by atoms with Crippen molar-refractivity contribution in [2.45, 2.75) is 53.1 Å². The largest absolute Gasteiger partial charge is 0.357 e. The molecule has 2 rings (SSSR count). The van der Waals surface area contributed by atoms with Gasteiger partial charge in [-0.1, -0.05) is 20.8 Å². The molecule has 138 valence electrons. The monoisotopic (exact) mass is 465 g/mol. The number of thiazole rings is 1. The minimum Gasteiger partial charge on any atom is -0.357 e. The molecular formula is C17H32IN5S. The third-order valence-corrected chi connectivity index (χ3v) is 5.57. The fourth-order valence-corrected chi connectivity index (χ4v) is 3.91. The van der Waals surface area contributed by atoms with Crippen LogP contribution in [0.2, 0.25) is 0 Å². The number of likely N-dealkylation sites (N-methyl/N-ethyl adjacent to an activating group) is 1. The van der Waals surface area contributed by atoms with E-state index >= 15 is 0 Å². The van der Waals surface area contributed by atoms with Crippen molar-refractivity contribution in [3.8, 4) is 0 Å². The lowest BCUT2D eigenvalue weighted by Crippen LogP contribution is -2.43. The second kappa shape index (κ2) is 11.3. The molecule has 1 N–H and O–H groups in total. The lowest BCUT2D eigenvalue weighted by atomic mass is 10.2. The fourth-order valence-electron chi connectivity index (χ4n) is 3.13. The molecule has 0 radical (unpaired) electrons. The van der Waals surface area contributed by atoms with Gasteiger partial charge < -0.3 is 10.2 Å². The van der Waals surface area contributed by atoms with Gasteiger partial charge in [0.05, 0.1) is 6.54 Å². The maximum absolute atomic E-state index is 4.82. The van der Waals surface area contributed by atoms with Crippen LogP contribution in [0.5, 0.6) is 0 Å². The molecule has 1 atom stereocenters. The zero-order valence-electron chi connectivity index (χ0n) is 15.4. The van der Waals surface area contributed by atoms with Crippen LogP contribution in [0.15, 0.2) is 11.2 Å². The molecule has 1 saturated heterocycles. The molecule has 1 aromatic rings. The first-order valence-corrected chi connectivity index (χ1v) is 9.74. The highest BCUT2D eigenvalue weighted by molar-refractivity contribution is 14.0. The fraction of sp³-hybridized carbons (Fsp3) is 0.765. The van der Waals surface area contributed by atoms with Gasteiger partial charge in [-0.3, -0.25) is 4.90 Å². The summed E-state index contributed by atoms with van der Waals surface area (Å²) in [7, 11) is 0. The molecule has 24 heavy (non-hydrogen) atoms. The van der Waals surface area contributed by atoms with Crippen molar-refractivity contribution in [3.63, 3.8) is 0 Å². The number of aryl methyl sites for hydroxylation is 1. The Kier molecular flexibility index (Phi) is 10.1. The highest BCUT2D eigenvalue weighted by Gasteiger charge is 2.27. The predicted molar refractivity (Wildman–Crippen MR) is 115 cm³/mol. The van der Waals surface area contributed by atoms with Gasteiger partial charge in [-0.15, -0.1) is 35.3 Å². The molecule has 0 amide bonds. The summed E-state index contributed by atoms with van der Waals surface area (Å²) < 4.78 is 0. The molecule has 1 unspecified atom stereocenters. The Balaban J connectivity index is 0.00000288. The number of hydrogen-bond donors (Lipinski definition) is 1. The standard InChI is InChI=1S/C17H31N5S.HI/c1-5-15-11-19-16(23-15)12-20-17(18-6-2)22-10-9-14(13-22)21(7-3)8-4;/h11,14H,5-10,12-13H2,1-4H3,(H,18,20);1H. The molecule has 1 aromatic heterocycles. The van der Waals surface area contributed by atoms with Gasteiger partial charge >= 0.3 is 0 Å². The van der Waals surface area contributed by atoms with E-state index in [1.165, 1.54) is 11.3 Å². The highest BCUT2D eigenvalue weighted by Crippen LogP contribution is 2.17. The Morgan fingerprint density at radius 3 is 2.71 bits per heavy atom. The van der Waals surface area contributed by atoms with Crippen LogP contribution in [-0.4, -0.2) is 59.5 Å². The Hall–Kier alpha value is -0.410. The molecular weight excluding hydrogens is 433 g/mol. The average Bonchev–Trinajstić information content (AvgIpc) is 3.22. The first-order valence-electron chi connectivity index (χ1n) is 8.92. The predicted octanol–water partition coefficient (Wildman–Crippen LogP) is 3.21.